The zero-order valence-electron chi connectivity index (χ0n) is 14.1. The van der Waals surface area contributed by atoms with Crippen LogP contribution in [0.15, 0.2) is 36.4 Å². The van der Waals surface area contributed by atoms with Gasteiger partial charge in [-0.2, -0.15) is 0 Å². The van der Waals surface area contributed by atoms with Crippen LogP contribution in [0.3, 0.4) is 0 Å². The van der Waals surface area contributed by atoms with Crippen LogP contribution in [0.1, 0.15) is 28.7 Å². The molecule has 0 heterocycles. The quantitative estimate of drug-likeness (QED) is 0.548. The summed E-state index contributed by atoms with van der Waals surface area (Å²) in [5.41, 5.74) is 3.45. The maximum Gasteiger partial charge on any atom is 0.122 e. The monoisotopic (exact) mass is 352 g/mol. The number of hydrogen-bond acceptors (Lipinski definition) is 4. The Morgan fingerprint density at radius 3 is 2.04 bits per heavy atom. The van der Waals surface area contributed by atoms with Gasteiger partial charge in [0.25, 0.3) is 0 Å². The normalized spacial score (nSPS) is 10.0. The number of rotatable bonds is 6. The summed E-state index contributed by atoms with van der Waals surface area (Å²) in [7, 11) is 0. The van der Waals surface area contributed by atoms with Crippen molar-refractivity contribution >= 4 is 11.6 Å². The average molecular weight is 353 g/mol. The largest absolute Gasteiger partial charge is 0.508 e. The lowest BCUT2D eigenvalue weighted by molar-refractivity contribution is 0.277. The first-order chi connectivity index (χ1) is 11.5. The highest BCUT2D eigenvalue weighted by molar-refractivity contribution is 6.17. The van der Waals surface area contributed by atoms with E-state index in [2.05, 4.69) is 0 Å². The molecule has 0 saturated heterocycles. The highest BCUT2D eigenvalue weighted by atomic mass is 35.5. The second-order valence-electron chi connectivity index (χ2n) is 5.31. The summed E-state index contributed by atoms with van der Waals surface area (Å²) in [6, 6.07) is 10.8. The minimum atomic E-state index is -0.0137. The second kappa shape index (κ2) is 10.9. The van der Waals surface area contributed by atoms with Crippen LogP contribution in [0.2, 0.25) is 0 Å². The Morgan fingerprint density at radius 1 is 0.917 bits per heavy atom. The minimum Gasteiger partial charge on any atom is -0.508 e. The van der Waals surface area contributed by atoms with Gasteiger partial charge in [-0.15, -0.1) is 11.6 Å². The predicted octanol–water partition coefficient (Wildman–Crippen LogP) is 3.69. The van der Waals surface area contributed by atoms with E-state index in [4.69, 9.17) is 31.7 Å². The Morgan fingerprint density at radius 2 is 1.50 bits per heavy atom. The van der Waals surface area contributed by atoms with Gasteiger partial charge < -0.3 is 20.1 Å². The Balaban J connectivity index is 0.000000254. The lowest BCUT2D eigenvalue weighted by Crippen LogP contribution is -2.01. The fourth-order valence-corrected chi connectivity index (χ4v) is 2.17. The third-order valence-electron chi connectivity index (χ3n) is 3.69. The Hall–Kier alpha value is -1.75. The lowest BCUT2D eigenvalue weighted by atomic mass is 10.1. The Kier molecular flexibility index (Phi) is 9.23. The van der Waals surface area contributed by atoms with Gasteiger partial charge in [-0.3, -0.25) is 0 Å². The third-order valence-corrected chi connectivity index (χ3v) is 3.96. The SMILES string of the molecule is Cc1c(CO)cccc1OCCCCl.Cc1c(O)cccc1CO. The molecule has 3 N–H and O–H groups in total. The minimum absolute atomic E-state index is 0.0137. The molecule has 0 saturated carbocycles. The molecule has 0 amide bonds. The molecule has 0 unspecified atom stereocenters. The molecule has 2 aromatic carbocycles. The molecule has 0 aromatic heterocycles. The van der Waals surface area contributed by atoms with E-state index in [1.165, 1.54) is 0 Å². The molecular weight excluding hydrogens is 328 g/mol. The van der Waals surface area contributed by atoms with E-state index in [0.29, 0.717) is 12.5 Å². The molecule has 0 atom stereocenters. The topological polar surface area (TPSA) is 69.9 Å². The Bertz CT molecular complexity index is 629. The predicted molar refractivity (Wildman–Crippen MR) is 96.7 cm³/mol. The molecule has 5 heteroatoms. The maximum atomic E-state index is 9.12. The number of aromatic hydroxyl groups is 1. The molecule has 4 nitrogen and oxygen atoms in total. The molecule has 0 radical (unpaired) electrons. The van der Waals surface area contributed by atoms with Crippen LogP contribution in [-0.4, -0.2) is 27.8 Å². The van der Waals surface area contributed by atoms with Crippen LogP contribution in [0, 0.1) is 13.8 Å². The lowest BCUT2D eigenvalue weighted by Gasteiger charge is -2.10. The second-order valence-corrected chi connectivity index (χ2v) is 5.69. The van der Waals surface area contributed by atoms with Gasteiger partial charge in [0.05, 0.1) is 19.8 Å². The number of benzene rings is 2. The molecule has 2 rings (SSSR count). The van der Waals surface area contributed by atoms with Gasteiger partial charge in [-0.25, -0.2) is 0 Å². The zero-order chi connectivity index (χ0) is 17.9. The first-order valence-electron chi connectivity index (χ1n) is 7.81. The van der Waals surface area contributed by atoms with Gasteiger partial charge in [0.1, 0.15) is 11.5 Å². The molecule has 0 aliphatic carbocycles. The summed E-state index contributed by atoms with van der Waals surface area (Å²) >= 11 is 5.55. The number of alkyl halides is 1. The first kappa shape index (κ1) is 20.3. The summed E-state index contributed by atoms with van der Waals surface area (Å²) in [6.45, 7) is 4.39. The molecule has 0 spiro atoms. The van der Waals surface area contributed by atoms with E-state index in [-0.39, 0.29) is 19.0 Å². The van der Waals surface area contributed by atoms with Crippen molar-refractivity contribution in [2.24, 2.45) is 0 Å². The van der Waals surface area contributed by atoms with Gasteiger partial charge in [-0.05, 0) is 54.7 Å². The van der Waals surface area contributed by atoms with Gasteiger partial charge in [0, 0.05) is 5.88 Å². The van der Waals surface area contributed by atoms with Crippen molar-refractivity contribution in [1.82, 2.24) is 0 Å². The van der Waals surface area contributed by atoms with Crippen molar-refractivity contribution in [1.29, 1.82) is 0 Å². The van der Waals surface area contributed by atoms with Crippen molar-refractivity contribution < 1.29 is 20.1 Å². The average Bonchev–Trinajstić information content (AvgIpc) is 2.59. The maximum absolute atomic E-state index is 9.12. The van der Waals surface area contributed by atoms with Crippen LogP contribution in [-0.2, 0) is 13.2 Å². The van der Waals surface area contributed by atoms with Gasteiger partial charge in [-0.1, -0.05) is 24.3 Å². The smallest absolute Gasteiger partial charge is 0.122 e. The number of ether oxygens (including phenoxy) is 1. The molecule has 0 fully saturated rings. The highest BCUT2D eigenvalue weighted by Gasteiger charge is 2.03. The van der Waals surface area contributed by atoms with Crippen LogP contribution in [0.25, 0.3) is 0 Å². The molecule has 2 aromatic rings. The van der Waals surface area contributed by atoms with Gasteiger partial charge in [0.2, 0.25) is 0 Å². The fourth-order valence-electron chi connectivity index (χ4n) is 2.07. The summed E-state index contributed by atoms with van der Waals surface area (Å²) in [6.07, 6.45) is 0.838. The summed E-state index contributed by atoms with van der Waals surface area (Å²) in [4.78, 5) is 0. The molecular formula is C19H25ClO4. The highest BCUT2D eigenvalue weighted by Crippen LogP contribution is 2.21. The van der Waals surface area contributed by atoms with Crippen LogP contribution in [0.5, 0.6) is 11.5 Å². The molecule has 0 aliphatic heterocycles. The third kappa shape index (κ3) is 6.04. The van der Waals surface area contributed by atoms with Crippen molar-refractivity contribution in [2.45, 2.75) is 33.5 Å². The standard InChI is InChI=1S/C11H15ClO2.C8H10O2/c1-9-10(8-13)4-2-5-11(9)14-7-3-6-12;1-6-7(5-9)3-2-4-8(6)10/h2,4-5,13H,3,6-8H2,1H3;2-4,9-10H,5H2,1H3. The van der Waals surface area contributed by atoms with E-state index < -0.39 is 0 Å². The van der Waals surface area contributed by atoms with Crippen molar-refractivity contribution in [3.05, 3.63) is 58.7 Å². The Labute approximate surface area is 148 Å². The fraction of sp³-hybridized carbons (Fsp3) is 0.368. The first-order valence-corrected chi connectivity index (χ1v) is 8.35. The van der Waals surface area contributed by atoms with E-state index in [0.717, 1.165) is 34.4 Å². The summed E-state index contributed by atoms with van der Waals surface area (Å²) in [5, 5.41) is 26.9. The number of phenols is 1. The van der Waals surface area contributed by atoms with Gasteiger partial charge >= 0.3 is 0 Å². The molecule has 24 heavy (non-hydrogen) atoms. The van der Waals surface area contributed by atoms with E-state index in [1.54, 1.807) is 25.1 Å². The number of aliphatic hydroxyl groups is 2. The van der Waals surface area contributed by atoms with Crippen LogP contribution in [0.4, 0.5) is 0 Å². The number of hydrogen-bond donors (Lipinski definition) is 3. The van der Waals surface area contributed by atoms with E-state index in [1.807, 2.05) is 25.1 Å². The zero-order valence-corrected chi connectivity index (χ0v) is 14.9. The molecule has 0 bridgehead atoms. The molecule has 0 aliphatic rings. The van der Waals surface area contributed by atoms with E-state index in [9.17, 15) is 0 Å². The van der Waals surface area contributed by atoms with Crippen molar-refractivity contribution in [3.63, 3.8) is 0 Å². The van der Waals surface area contributed by atoms with Crippen LogP contribution < -0.4 is 4.74 Å². The number of aliphatic hydroxyl groups excluding tert-OH is 2. The number of halogens is 1. The van der Waals surface area contributed by atoms with Crippen LogP contribution >= 0.6 is 11.6 Å². The summed E-state index contributed by atoms with van der Waals surface area (Å²) in [5.74, 6) is 1.69. The summed E-state index contributed by atoms with van der Waals surface area (Å²) < 4.78 is 5.52. The van der Waals surface area contributed by atoms with Gasteiger partial charge in [0.15, 0.2) is 0 Å². The molecule has 132 valence electrons. The van der Waals surface area contributed by atoms with Crippen molar-refractivity contribution in [3.8, 4) is 11.5 Å². The van der Waals surface area contributed by atoms with E-state index >= 15 is 0 Å². The number of phenolic OH excluding ortho intramolecular Hbond substituents is 1. The van der Waals surface area contributed by atoms with Crippen molar-refractivity contribution in [2.75, 3.05) is 12.5 Å².